The SMILES string of the molecule is COc1ccc(NS(=O)(=O)c2ccc(O)cc2)c(C)c1. The average molecular weight is 293 g/mol. The number of methoxy groups -OCH3 is 1. The molecule has 0 heterocycles. The second-order valence-electron chi connectivity index (χ2n) is 4.28. The van der Waals surface area contributed by atoms with Gasteiger partial charge in [0.25, 0.3) is 10.0 Å². The molecule has 0 saturated heterocycles. The summed E-state index contributed by atoms with van der Waals surface area (Å²) in [6.45, 7) is 1.79. The summed E-state index contributed by atoms with van der Waals surface area (Å²) in [4.78, 5) is 0.0884. The predicted molar refractivity (Wildman–Crippen MR) is 76.6 cm³/mol. The predicted octanol–water partition coefficient (Wildman–Crippen LogP) is 2.51. The van der Waals surface area contributed by atoms with Gasteiger partial charge in [0, 0.05) is 0 Å². The Balaban J connectivity index is 2.31. The lowest BCUT2D eigenvalue weighted by atomic mass is 10.2. The van der Waals surface area contributed by atoms with Gasteiger partial charge in [-0.15, -0.1) is 0 Å². The van der Waals surface area contributed by atoms with E-state index >= 15 is 0 Å². The first-order valence-corrected chi connectivity index (χ1v) is 7.37. The van der Waals surface area contributed by atoms with E-state index in [9.17, 15) is 13.5 Å². The quantitative estimate of drug-likeness (QED) is 0.908. The zero-order valence-corrected chi connectivity index (χ0v) is 11.9. The van der Waals surface area contributed by atoms with E-state index in [0.29, 0.717) is 11.4 Å². The minimum absolute atomic E-state index is 0.0181. The maximum absolute atomic E-state index is 12.2. The fourth-order valence-corrected chi connectivity index (χ4v) is 2.84. The first kappa shape index (κ1) is 14.2. The van der Waals surface area contributed by atoms with E-state index in [1.807, 2.05) is 0 Å². The summed E-state index contributed by atoms with van der Waals surface area (Å²) in [6.07, 6.45) is 0. The number of phenols is 1. The van der Waals surface area contributed by atoms with Gasteiger partial charge < -0.3 is 9.84 Å². The number of aryl methyl sites for hydroxylation is 1. The minimum atomic E-state index is -3.67. The fraction of sp³-hybridized carbons (Fsp3) is 0.143. The third kappa shape index (κ3) is 3.03. The maximum Gasteiger partial charge on any atom is 0.261 e. The summed E-state index contributed by atoms with van der Waals surface area (Å²) in [5.41, 5.74) is 1.24. The smallest absolute Gasteiger partial charge is 0.261 e. The Kier molecular flexibility index (Phi) is 3.85. The number of rotatable bonds is 4. The highest BCUT2D eigenvalue weighted by Crippen LogP contribution is 2.24. The van der Waals surface area contributed by atoms with Gasteiger partial charge in [-0.25, -0.2) is 8.42 Å². The molecule has 0 unspecified atom stereocenters. The molecule has 6 heteroatoms. The lowest BCUT2D eigenvalue weighted by Crippen LogP contribution is -2.13. The van der Waals surface area contributed by atoms with Crippen molar-refractivity contribution < 1.29 is 18.3 Å². The van der Waals surface area contributed by atoms with E-state index in [1.54, 1.807) is 32.2 Å². The number of hydrogen-bond donors (Lipinski definition) is 2. The van der Waals surface area contributed by atoms with E-state index in [1.165, 1.54) is 24.3 Å². The van der Waals surface area contributed by atoms with Crippen molar-refractivity contribution in [2.75, 3.05) is 11.8 Å². The number of ether oxygens (including phenoxy) is 1. The lowest BCUT2D eigenvalue weighted by molar-refractivity contribution is 0.414. The molecule has 0 spiro atoms. The topological polar surface area (TPSA) is 75.6 Å². The van der Waals surface area contributed by atoms with Crippen molar-refractivity contribution in [1.82, 2.24) is 0 Å². The van der Waals surface area contributed by atoms with Gasteiger partial charge in [-0.2, -0.15) is 0 Å². The zero-order valence-electron chi connectivity index (χ0n) is 11.1. The van der Waals surface area contributed by atoms with Gasteiger partial charge in [0.1, 0.15) is 11.5 Å². The molecule has 0 amide bonds. The van der Waals surface area contributed by atoms with Gasteiger partial charge in [0.2, 0.25) is 0 Å². The Hall–Kier alpha value is -2.21. The number of aromatic hydroxyl groups is 1. The first-order valence-electron chi connectivity index (χ1n) is 5.89. The van der Waals surface area contributed by atoms with Crippen molar-refractivity contribution in [3.8, 4) is 11.5 Å². The molecule has 0 aliphatic carbocycles. The van der Waals surface area contributed by atoms with Gasteiger partial charge in [0.05, 0.1) is 17.7 Å². The highest BCUT2D eigenvalue weighted by Gasteiger charge is 2.15. The number of sulfonamides is 1. The van der Waals surface area contributed by atoms with Crippen LogP contribution in [0.2, 0.25) is 0 Å². The van der Waals surface area contributed by atoms with E-state index < -0.39 is 10.0 Å². The van der Waals surface area contributed by atoms with Crippen LogP contribution in [0, 0.1) is 6.92 Å². The van der Waals surface area contributed by atoms with Crippen LogP contribution >= 0.6 is 0 Å². The molecule has 2 rings (SSSR count). The third-order valence-electron chi connectivity index (χ3n) is 2.82. The molecule has 20 heavy (non-hydrogen) atoms. The maximum atomic E-state index is 12.2. The van der Waals surface area contributed by atoms with Crippen molar-refractivity contribution in [2.24, 2.45) is 0 Å². The van der Waals surface area contributed by atoms with Crippen LogP contribution in [0.1, 0.15) is 5.56 Å². The van der Waals surface area contributed by atoms with Crippen molar-refractivity contribution in [2.45, 2.75) is 11.8 Å². The molecule has 0 aromatic heterocycles. The van der Waals surface area contributed by atoms with Gasteiger partial charge in [-0.1, -0.05) is 0 Å². The highest BCUT2D eigenvalue weighted by molar-refractivity contribution is 7.92. The van der Waals surface area contributed by atoms with Crippen molar-refractivity contribution in [3.05, 3.63) is 48.0 Å². The van der Waals surface area contributed by atoms with Crippen LogP contribution in [0.15, 0.2) is 47.4 Å². The molecular weight excluding hydrogens is 278 g/mol. The molecule has 2 aromatic rings. The van der Waals surface area contributed by atoms with Gasteiger partial charge in [-0.3, -0.25) is 4.72 Å². The van der Waals surface area contributed by atoms with E-state index in [2.05, 4.69) is 4.72 Å². The standard InChI is InChI=1S/C14H15NO4S/c1-10-9-12(19-2)5-8-14(10)15-20(17,18)13-6-3-11(16)4-7-13/h3-9,15-16H,1-2H3. The number of benzene rings is 2. The molecule has 0 aliphatic heterocycles. The second-order valence-corrected chi connectivity index (χ2v) is 5.96. The van der Waals surface area contributed by atoms with Gasteiger partial charge in [0.15, 0.2) is 0 Å². The molecule has 0 bridgehead atoms. The number of nitrogens with one attached hydrogen (secondary N) is 1. The Morgan fingerprint density at radius 2 is 1.75 bits per heavy atom. The summed E-state index contributed by atoms with van der Waals surface area (Å²) >= 11 is 0. The molecular formula is C14H15NO4S. The van der Waals surface area contributed by atoms with Crippen molar-refractivity contribution in [1.29, 1.82) is 0 Å². The summed E-state index contributed by atoms with van der Waals surface area (Å²) in [5.74, 6) is 0.680. The molecule has 106 valence electrons. The minimum Gasteiger partial charge on any atom is -0.508 e. The Bertz CT molecular complexity index is 708. The number of anilines is 1. The molecule has 2 aromatic carbocycles. The Labute approximate surface area is 117 Å². The van der Waals surface area contributed by atoms with Crippen molar-refractivity contribution in [3.63, 3.8) is 0 Å². The van der Waals surface area contributed by atoms with E-state index in [4.69, 9.17) is 4.74 Å². The lowest BCUT2D eigenvalue weighted by Gasteiger charge is -2.11. The molecule has 0 saturated carbocycles. The summed E-state index contributed by atoms with van der Waals surface area (Å²) in [7, 11) is -2.12. The van der Waals surface area contributed by atoms with Crippen LogP contribution in [0.4, 0.5) is 5.69 Å². The first-order chi connectivity index (χ1) is 9.42. The van der Waals surface area contributed by atoms with Crippen LogP contribution in [-0.2, 0) is 10.0 Å². The molecule has 5 nitrogen and oxygen atoms in total. The second kappa shape index (κ2) is 5.42. The number of phenolic OH excluding ortho intramolecular Hbond substituents is 1. The number of hydrogen-bond acceptors (Lipinski definition) is 4. The van der Waals surface area contributed by atoms with Gasteiger partial charge >= 0.3 is 0 Å². The summed E-state index contributed by atoms with van der Waals surface area (Å²) in [6, 6.07) is 10.4. The van der Waals surface area contributed by atoms with Crippen LogP contribution in [0.25, 0.3) is 0 Å². The summed E-state index contributed by atoms with van der Waals surface area (Å²) in [5, 5.41) is 9.18. The molecule has 0 atom stereocenters. The molecule has 0 aliphatic rings. The molecule has 0 fully saturated rings. The average Bonchev–Trinajstić information content (AvgIpc) is 2.41. The highest BCUT2D eigenvalue weighted by atomic mass is 32.2. The van der Waals surface area contributed by atoms with Gasteiger partial charge in [-0.05, 0) is 55.0 Å². The van der Waals surface area contributed by atoms with E-state index in [0.717, 1.165) is 5.56 Å². The fourth-order valence-electron chi connectivity index (χ4n) is 1.71. The largest absolute Gasteiger partial charge is 0.508 e. The van der Waals surface area contributed by atoms with E-state index in [-0.39, 0.29) is 10.6 Å². The Morgan fingerprint density at radius 3 is 2.30 bits per heavy atom. The normalized spacial score (nSPS) is 11.1. The molecule has 0 radical (unpaired) electrons. The Morgan fingerprint density at radius 1 is 1.10 bits per heavy atom. The zero-order chi connectivity index (χ0) is 14.8. The monoisotopic (exact) mass is 293 g/mol. The van der Waals surface area contributed by atoms with Crippen molar-refractivity contribution >= 4 is 15.7 Å². The third-order valence-corrected chi connectivity index (χ3v) is 4.21. The van der Waals surface area contributed by atoms with Crippen LogP contribution < -0.4 is 9.46 Å². The van der Waals surface area contributed by atoms with Crippen LogP contribution in [0.3, 0.4) is 0 Å². The van der Waals surface area contributed by atoms with Crippen LogP contribution in [-0.4, -0.2) is 20.6 Å². The van der Waals surface area contributed by atoms with Crippen LogP contribution in [0.5, 0.6) is 11.5 Å². The molecule has 2 N–H and O–H groups in total. The summed E-state index contributed by atoms with van der Waals surface area (Å²) < 4.78 is 32.0.